The molecule has 24 heavy (non-hydrogen) atoms. The molecule has 2 heteroatoms. The predicted octanol–water partition coefficient (Wildman–Crippen LogP) is 4.76. The number of fused-ring (bicyclic) bond motifs is 5. The molecule has 8 atom stereocenters. The summed E-state index contributed by atoms with van der Waals surface area (Å²) in [5.41, 5.74) is 2.07. The van der Waals surface area contributed by atoms with E-state index in [-0.39, 0.29) is 17.4 Å². The van der Waals surface area contributed by atoms with Gasteiger partial charge in [-0.05, 0) is 86.4 Å². The van der Waals surface area contributed by atoms with E-state index in [4.69, 9.17) is 0 Å². The summed E-state index contributed by atoms with van der Waals surface area (Å²) in [7, 11) is 0. The van der Waals surface area contributed by atoms with Crippen molar-refractivity contribution in [2.24, 2.45) is 40.4 Å². The summed E-state index contributed by atoms with van der Waals surface area (Å²) in [6, 6.07) is 0. The number of allylic oxidation sites excluding steroid dienone is 1. The number of aliphatic hydroxyl groups excluding tert-OH is 1. The highest BCUT2D eigenvalue weighted by Crippen LogP contribution is 2.67. The van der Waals surface area contributed by atoms with Gasteiger partial charge in [0.1, 0.15) is 5.78 Å². The summed E-state index contributed by atoms with van der Waals surface area (Å²) in [6.45, 7) is 9.13. The molecule has 4 aliphatic rings. The number of hydrogen-bond acceptors (Lipinski definition) is 2. The van der Waals surface area contributed by atoms with Crippen molar-refractivity contribution < 1.29 is 9.90 Å². The average molecular weight is 331 g/mol. The average Bonchev–Trinajstić information content (AvgIpc) is 2.80. The Labute approximate surface area is 147 Å². The van der Waals surface area contributed by atoms with Crippen molar-refractivity contribution in [2.75, 3.05) is 0 Å². The molecule has 134 valence electrons. The standard InChI is InChI=1S/C22H34O2/c1-13-11-19(14(2)23)22(4)10-8-18-17(20(13)22)6-5-15-12-16(24)7-9-21(15,18)3/h5,13,16-20,24H,6-12H2,1-4H3. The summed E-state index contributed by atoms with van der Waals surface area (Å²) in [6.07, 6.45) is 10.2. The first-order chi connectivity index (χ1) is 11.3. The van der Waals surface area contributed by atoms with Gasteiger partial charge < -0.3 is 5.11 Å². The van der Waals surface area contributed by atoms with E-state index in [9.17, 15) is 9.90 Å². The minimum absolute atomic E-state index is 0.123. The van der Waals surface area contributed by atoms with Crippen molar-refractivity contribution in [3.63, 3.8) is 0 Å². The predicted molar refractivity (Wildman–Crippen MR) is 96.4 cm³/mol. The van der Waals surface area contributed by atoms with Gasteiger partial charge in [-0.25, -0.2) is 0 Å². The third-order valence-corrected chi connectivity index (χ3v) is 8.88. The molecule has 2 nitrogen and oxygen atoms in total. The summed E-state index contributed by atoms with van der Waals surface area (Å²) < 4.78 is 0. The number of carbonyl (C=O) groups excluding carboxylic acids is 1. The highest BCUT2D eigenvalue weighted by atomic mass is 16.3. The first kappa shape index (κ1) is 16.8. The summed E-state index contributed by atoms with van der Waals surface area (Å²) in [5, 5.41) is 10.1. The van der Waals surface area contributed by atoms with Crippen LogP contribution in [-0.2, 0) is 4.79 Å². The topological polar surface area (TPSA) is 37.3 Å². The Balaban J connectivity index is 1.70. The minimum Gasteiger partial charge on any atom is -0.393 e. The monoisotopic (exact) mass is 330 g/mol. The molecule has 0 heterocycles. The maximum Gasteiger partial charge on any atom is 0.133 e. The second-order valence-corrected chi connectivity index (χ2v) is 10.00. The van der Waals surface area contributed by atoms with Crippen LogP contribution in [0.25, 0.3) is 0 Å². The first-order valence-electron chi connectivity index (χ1n) is 10.2. The molecule has 0 amide bonds. The molecule has 8 unspecified atom stereocenters. The minimum atomic E-state index is -0.123. The van der Waals surface area contributed by atoms with Gasteiger partial charge in [0.25, 0.3) is 0 Å². The molecule has 0 aliphatic heterocycles. The second kappa shape index (κ2) is 5.43. The highest BCUT2D eigenvalue weighted by Gasteiger charge is 2.61. The Bertz CT molecular complexity index is 579. The van der Waals surface area contributed by atoms with Gasteiger partial charge in [-0.2, -0.15) is 0 Å². The zero-order chi connectivity index (χ0) is 17.3. The van der Waals surface area contributed by atoms with Crippen molar-refractivity contribution in [1.82, 2.24) is 0 Å². The molecule has 0 radical (unpaired) electrons. The van der Waals surface area contributed by atoms with Crippen LogP contribution in [0.4, 0.5) is 0 Å². The van der Waals surface area contributed by atoms with Crippen LogP contribution in [-0.4, -0.2) is 17.0 Å². The first-order valence-corrected chi connectivity index (χ1v) is 10.2. The number of Topliss-reactive ketones (excluding diaryl/α,β-unsaturated/α-hetero) is 1. The molecule has 0 aromatic carbocycles. The molecule has 4 aliphatic carbocycles. The summed E-state index contributed by atoms with van der Waals surface area (Å²) >= 11 is 0. The van der Waals surface area contributed by atoms with Gasteiger partial charge in [0.2, 0.25) is 0 Å². The third kappa shape index (κ3) is 2.14. The number of rotatable bonds is 1. The van der Waals surface area contributed by atoms with E-state index >= 15 is 0 Å². The summed E-state index contributed by atoms with van der Waals surface area (Å²) in [5.74, 6) is 3.58. The SMILES string of the molecule is CC(=O)C1CC(C)C2C3CC=C4CC(O)CCC4(C)C3CCC12C. The Morgan fingerprint density at radius 3 is 2.71 bits per heavy atom. The van der Waals surface area contributed by atoms with Crippen LogP contribution in [0.15, 0.2) is 11.6 Å². The van der Waals surface area contributed by atoms with Crippen LogP contribution in [0.2, 0.25) is 0 Å². The zero-order valence-corrected chi connectivity index (χ0v) is 15.8. The number of aliphatic hydroxyl groups is 1. The molecule has 0 aromatic rings. The Hall–Kier alpha value is -0.630. The molecule has 0 bridgehead atoms. The zero-order valence-electron chi connectivity index (χ0n) is 15.8. The van der Waals surface area contributed by atoms with Gasteiger partial charge in [-0.15, -0.1) is 0 Å². The van der Waals surface area contributed by atoms with Crippen molar-refractivity contribution in [3.05, 3.63) is 11.6 Å². The molecule has 3 saturated carbocycles. The molecule has 1 N–H and O–H groups in total. The normalized spacial score (nSPS) is 53.6. The van der Waals surface area contributed by atoms with E-state index in [1.165, 1.54) is 19.3 Å². The lowest BCUT2D eigenvalue weighted by atomic mass is 9.46. The maximum atomic E-state index is 12.3. The fourth-order valence-corrected chi connectivity index (χ4v) is 7.82. The van der Waals surface area contributed by atoms with Gasteiger partial charge in [0.05, 0.1) is 6.10 Å². The second-order valence-electron chi connectivity index (χ2n) is 10.00. The molecular formula is C22H34O2. The molecular weight excluding hydrogens is 296 g/mol. The van der Waals surface area contributed by atoms with Crippen molar-refractivity contribution in [1.29, 1.82) is 0 Å². The van der Waals surface area contributed by atoms with Crippen LogP contribution in [0.3, 0.4) is 0 Å². The lowest BCUT2D eigenvalue weighted by molar-refractivity contribution is -0.127. The Morgan fingerprint density at radius 2 is 2.00 bits per heavy atom. The van der Waals surface area contributed by atoms with Crippen LogP contribution in [0.1, 0.15) is 72.6 Å². The maximum absolute atomic E-state index is 12.3. The van der Waals surface area contributed by atoms with Crippen molar-refractivity contribution >= 4 is 5.78 Å². The molecule has 0 saturated heterocycles. The fraction of sp³-hybridized carbons (Fsp3) is 0.864. The van der Waals surface area contributed by atoms with Gasteiger partial charge in [-0.3, -0.25) is 4.79 Å². The smallest absolute Gasteiger partial charge is 0.133 e. The Kier molecular flexibility index (Phi) is 3.81. The van der Waals surface area contributed by atoms with Crippen molar-refractivity contribution in [2.45, 2.75) is 78.7 Å². The van der Waals surface area contributed by atoms with Crippen LogP contribution >= 0.6 is 0 Å². The summed E-state index contributed by atoms with van der Waals surface area (Å²) in [4.78, 5) is 12.3. The number of hydrogen-bond donors (Lipinski definition) is 1. The van der Waals surface area contributed by atoms with Crippen LogP contribution in [0.5, 0.6) is 0 Å². The van der Waals surface area contributed by atoms with Gasteiger partial charge in [-0.1, -0.05) is 32.4 Å². The van der Waals surface area contributed by atoms with Crippen LogP contribution in [0, 0.1) is 40.4 Å². The van der Waals surface area contributed by atoms with E-state index in [1.807, 2.05) is 6.92 Å². The molecule has 4 rings (SSSR count). The lowest BCUT2D eigenvalue weighted by Gasteiger charge is -2.58. The third-order valence-electron chi connectivity index (χ3n) is 8.88. The van der Waals surface area contributed by atoms with E-state index in [1.54, 1.807) is 5.57 Å². The van der Waals surface area contributed by atoms with Gasteiger partial charge >= 0.3 is 0 Å². The van der Waals surface area contributed by atoms with Gasteiger partial charge in [0, 0.05) is 5.92 Å². The molecule has 0 spiro atoms. The van der Waals surface area contributed by atoms with E-state index in [0.717, 1.165) is 37.5 Å². The highest BCUT2D eigenvalue weighted by molar-refractivity contribution is 5.79. The van der Waals surface area contributed by atoms with Gasteiger partial charge in [0.15, 0.2) is 0 Å². The quantitative estimate of drug-likeness (QED) is 0.704. The van der Waals surface area contributed by atoms with E-state index < -0.39 is 0 Å². The van der Waals surface area contributed by atoms with E-state index in [0.29, 0.717) is 23.0 Å². The number of carbonyl (C=O) groups is 1. The Morgan fingerprint density at radius 1 is 1.25 bits per heavy atom. The largest absolute Gasteiger partial charge is 0.393 e. The van der Waals surface area contributed by atoms with E-state index in [2.05, 4.69) is 26.8 Å². The van der Waals surface area contributed by atoms with Crippen LogP contribution < -0.4 is 0 Å². The molecule has 3 fully saturated rings. The molecule has 0 aromatic heterocycles. The fourth-order valence-electron chi connectivity index (χ4n) is 7.82. The lowest BCUT2D eigenvalue weighted by Crippen LogP contribution is -2.51. The van der Waals surface area contributed by atoms with Crippen molar-refractivity contribution in [3.8, 4) is 0 Å². The number of ketones is 1.